The van der Waals surface area contributed by atoms with Gasteiger partial charge in [-0.05, 0) is 37.3 Å². The normalized spacial score (nSPS) is 18.2. The molecule has 2 heterocycles. The molecule has 2 aliphatic heterocycles. The molecular weight excluding hydrogens is 376 g/mol. The zero-order chi connectivity index (χ0) is 17.4. The van der Waals surface area contributed by atoms with Crippen LogP contribution in [0.25, 0.3) is 0 Å². The lowest BCUT2D eigenvalue weighted by molar-refractivity contribution is 0.427. The third-order valence-electron chi connectivity index (χ3n) is 4.59. The predicted molar refractivity (Wildman–Crippen MR) is 117 cm³/mol. The van der Waals surface area contributed by atoms with Crippen LogP contribution in [0, 0.1) is 0 Å². The maximum Gasteiger partial charge on any atom is 0.169 e. The Balaban J connectivity index is 1.45. The van der Waals surface area contributed by atoms with E-state index in [2.05, 4.69) is 20.4 Å². The van der Waals surface area contributed by atoms with Crippen LogP contribution in [-0.4, -0.2) is 63.4 Å². The van der Waals surface area contributed by atoms with Gasteiger partial charge in [0.1, 0.15) is 0 Å². The Morgan fingerprint density at radius 2 is 1.38 bits per heavy atom. The van der Waals surface area contributed by atoms with Crippen LogP contribution in [0.5, 0.6) is 0 Å². The predicted octanol–water partition coefficient (Wildman–Crippen LogP) is 2.65. The van der Waals surface area contributed by atoms with E-state index in [0.717, 1.165) is 55.9 Å². The van der Waals surface area contributed by atoms with Crippen molar-refractivity contribution < 1.29 is 0 Å². The van der Waals surface area contributed by atoms with Gasteiger partial charge in [-0.2, -0.15) is 25.3 Å². The van der Waals surface area contributed by atoms with Gasteiger partial charge in [-0.15, -0.1) is 0 Å². The number of rotatable bonds is 11. The highest BCUT2D eigenvalue weighted by molar-refractivity contribution is 8.00. The maximum atomic E-state index is 5.28. The molecule has 2 rings (SSSR count). The SMILES string of the molecule is S=C1NCCN1CCCCCCCCC(S)(S)CN1CCNC1=S. The summed E-state index contributed by atoms with van der Waals surface area (Å²) in [7, 11) is 0. The van der Waals surface area contributed by atoms with E-state index < -0.39 is 0 Å². The van der Waals surface area contributed by atoms with Gasteiger partial charge in [0.2, 0.25) is 0 Å². The number of unbranched alkanes of at least 4 members (excludes halogenated alkanes) is 5. The molecule has 2 aliphatic rings. The van der Waals surface area contributed by atoms with Crippen molar-refractivity contribution in [3.63, 3.8) is 0 Å². The van der Waals surface area contributed by atoms with Crippen LogP contribution in [-0.2, 0) is 0 Å². The van der Waals surface area contributed by atoms with Gasteiger partial charge < -0.3 is 20.4 Å². The quantitative estimate of drug-likeness (QED) is 0.183. The molecule has 4 nitrogen and oxygen atoms in total. The Bertz CT molecular complexity index is 430. The molecule has 2 N–H and O–H groups in total. The smallest absolute Gasteiger partial charge is 0.169 e. The van der Waals surface area contributed by atoms with Gasteiger partial charge in [-0.1, -0.05) is 32.1 Å². The summed E-state index contributed by atoms with van der Waals surface area (Å²) in [6, 6.07) is 0. The fraction of sp³-hybridized carbons (Fsp3) is 0.875. The lowest BCUT2D eigenvalue weighted by Crippen LogP contribution is -2.37. The molecule has 0 unspecified atom stereocenters. The van der Waals surface area contributed by atoms with E-state index >= 15 is 0 Å². The Morgan fingerprint density at radius 1 is 0.833 bits per heavy atom. The van der Waals surface area contributed by atoms with Crippen molar-refractivity contribution in [1.82, 2.24) is 20.4 Å². The van der Waals surface area contributed by atoms with Gasteiger partial charge in [-0.25, -0.2) is 0 Å². The molecule has 24 heavy (non-hydrogen) atoms. The molecule has 0 aliphatic carbocycles. The number of nitrogens with one attached hydrogen (secondary N) is 2. The number of thiocarbonyl (C=S) groups is 2. The highest BCUT2D eigenvalue weighted by atomic mass is 32.2. The average Bonchev–Trinajstić information content (AvgIpc) is 3.11. The van der Waals surface area contributed by atoms with Crippen LogP contribution in [0.15, 0.2) is 0 Å². The molecule has 2 fully saturated rings. The molecule has 0 saturated carbocycles. The zero-order valence-electron chi connectivity index (χ0n) is 14.3. The molecule has 8 heteroatoms. The standard InChI is InChI=1S/C16H30N4S4/c21-14-17-8-11-19(14)10-6-4-2-1-3-5-7-16(23,24)13-20-12-9-18-15(20)22/h23-24H,1-13H2,(H,17,21)(H,18,22). The number of thiol groups is 2. The average molecular weight is 407 g/mol. The summed E-state index contributed by atoms with van der Waals surface area (Å²) in [6.07, 6.45) is 8.59. The minimum atomic E-state index is -0.255. The summed E-state index contributed by atoms with van der Waals surface area (Å²) in [5, 5.41) is 8.17. The van der Waals surface area contributed by atoms with Crippen LogP contribution in [0.1, 0.15) is 44.9 Å². The first kappa shape index (κ1) is 20.4. The molecule has 0 amide bonds. The molecule has 0 aromatic heterocycles. The topological polar surface area (TPSA) is 30.5 Å². The second-order valence-electron chi connectivity index (χ2n) is 6.73. The Labute approximate surface area is 168 Å². The minimum absolute atomic E-state index is 0.255. The molecule has 0 bridgehead atoms. The number of nitrogens with zero attached hydrogens (tertiary/aromatic N) is 2. The summed E-state index contributed by atoms with van der Waals surface area (Å²) in [5.41, 5.74) is 0. The third-order valence-corrected chi connectivity index (χ3v) is 6.12. The van der Waals surface area contributed by atoms with Crippen LogP contribution in [0.2, 0.25) is 0 Å². The van der Waals surface area contributed by atoms with Crippen molar-refractivity contribution in [2.75, 3.05) is 39.3 Å². The summed E-state index contributed by atoms with van der Waals surface area (Å²) < 4.78 is -0.255. The van der Waals surface area contributed by atoms with E-state index in [-0.39, 0.29) is 4.08 Å². The van der Waals surface area contributed by atoms with Crippen molar-refractivity contribution in [3.8, 4) is 0 Å². The summed E-state index contributed by atoms with van der Waals surface area (Å²) >= 11 is 20.0. The van der Waals surface area contributed by atoms with Crippen molar-refractivity contribution in [1.29, 1.82) is 0 Å². The number of hydrogen-bond donors (Lipinski definition) is 4. The van der Waals surface area contributed by atoms with E-state index in [0.29, 0.717) is 0 Å². The first-order chi connectivity index (χ1) is 11.5. The van der Waals surface area contributed by atoms with Crippen LogP contribution >= 0.6 is 49.7 Å². The van der Waals surface area contributed by atoms with Crippen molar-refractivity contribution >= 4 is 59.9 Å². The summed E-state index contributed by atoms with van der Waals surface area (Å²) in [4.78, 5) is 4.45. The highest BCUT2D eigenvalue weighted by Gasteiger charge is 2.27. The van der Waals surface area contributed by atoms with Gasteiger partial charge in [0, 0.05) is 39.3 Å². The molecule has 0 radical (unpaired) electrons. The molecular formula is C16H30N4S4. The first-order valence-corrected chi connectivity index (χ1v) is 10.7. The fourth-order valence-electron chi connectivity index (χ4n) is 3.19. The zero-order valence-corrected chi connectivity index (χ0v) is 17.7. The van der Waals surface area contributed by atoms with Gasteiger partial charge in [-0.3, -0.25) is 0 Å². The fourth-order valence-corrected chi connectivity index (χ4v) is 4.39. The van der Waals surface area contributed by atoms with Gasteiger partial charge in [0.05, 0.1) is 4.08 Å². The summed E-state index contributed by atoms with van der Waals surface area (Å²) in [5.74, 6) is 0. The third kappa shape index (κ3) is 7.14. The minimum Gasteiger partial charge on any atom is -0.361 e. The summed E-state index contributed by atoms with van der Waals surface area (Å²) in [6.45, 7) is 5.90. The van der Waals surface area contributed by atoms with Gasteiger partial charge in [0.15, 0.2) is 10.2 Å². The lowest BCUT2D eigenvalue weighted by Gasteiger charge is -2.29. The molecule has 0 atom stereocenters. The molecule has 0 spiro atoms. The monoisotopic (exact) mass is 406 g/mol. The van der Waals surface area contributed by atoms with E-state index in [4.69, 9.17) is 49.7 Å². The van der Waals surface area contributed by atoms with Crippen molar-refractivity contribution in [2.45, 2.75) is 49.0 Å². The van der Waals surface area contributed by atoms with Gasteiger partial charge >= 0.3 is 0 Å². The highest BCUT2D eigenvalue weighted by Crippen LogP contribution is 2.28. The Hall–Kier alpha value is 0.0800. The maximum absolute atomic E-state index is 5.28. The van der Waals surface area contributed by atoms with E-state index in [9.17, 15) is 0 Å². The van der Waals surface area contributed by atoms with Crippen molar-refractivity contribution in [2.24, 2.45) is 0 Å². The molecule has 138 valence electrons. The second-order valence-corrected chi connectivity index (χ2v) is 9.56. The van der Waals surface area contributed by atoms with Crippen LogP contribution in [0.3, 0.4) is 0 Å². The molecule has 0 aromatic rings. The number of hydrogen-bond acceptors (Lipinski definition) is 4. The van der Waals surface area contributed by atoms with Crippen LogP contribution < -0.4 is 10.6 Å². The largest absolute Gasteiger partial charge is 0.361 e. The van der Waals surface area contributed by atoms with Gasteiger partial charge in [0.25, 0.3) is 0 Å². The lowest BCUT2D eigenvalue weighted by atomic mass is 10.1. The Kier molecular flexibility index (Phi) is 8.74. The first-order valence-electron chi connectivity index (χ1n) is 8.98. The second kappa shape index (κ2) is 10.3. The van der Waals surface area contributed by atoms with Crippen LogP contribution in [0.4, 0.5) is 0 Å². The molecule has 2 saturated heterocycles. The van der Waals surface area contributed by atoms with E-state index in [1.807, 2.05) is 0 Å². The van der Waals surface area contributed by atoms with Crippen molar-refractivity contribution in [3.05, 3.63) is 0 Å². The van der Waals surface area contributed by atoms with E-state index in [1.165, 1.54) is 38.5 Å². The Morgan fingerprint density at radius 3 is 1.96 bits per heavy atom. The van der Waals surface area contributed by atoms with E-state index in [1.54, 1.807) is 0 Å². The molecule has 0 aromatic carbocycles.